The van der Waals surface area contributed by atoms with Crippen LogP contribution in [0, 0.1) is 40.9 Å². The van der Waals surface area contributed by atoms with Crippen LogP contribution in [-0.2, 0) is 51.1 Å². The number of phosphoric acid groups is 2. The minimum Gasteiger partial charge on any atom is -0.756 e. The van der Waals surface area contributed by atoms with Crippen LogP contribution in [0.2, 0.25) is 0 Å². The molecule has 1 heterocycles. The van der Waals surface area contributed by atoms with E-state index in [1.165, 1.54) is 6.08 Å². The first-order valence-electron chi connectivity index (χ1n) is 19.4. The van der Waals surface area contributed by atoms with Crippen molar-refractivity contribution in [2.45, 2.75) is 129 Å². The van der Waals surface area contributed by atoms with Gasteiger partial charge in [0, 0.05) is 23.3 Å². The molecule has 0 radical (unpaired) electrons. The summed E-state index contributed by atoms with van der Waals surface area (Å²) in [4.78, 5) is 63.9. The summed E-state index contributed by atoms with van der Waals surface area (Å²) in [6.07, 6.45) is 15.1. The van der Waals surface area contributed by atoms with Crippen LogP contribution in [-0.4, -0.2) is 79.1 Å². The minimum absolute atomic E-state index is 0.0725. The molecule has 4 unspecified atom stereocenters. The van der Waals surface area contributed by atoms with E-state index in [1.54, 1.807) is 6.08 Å². The van der Waals surface area contributed by atoms with Gasteiger partial charge in [0.15, 0.2) is 23.5 Å². The maximum Gasteiger partial charge on any atom is 0.274 e. The number of aliphatic hydroxyl groups excluding tert-OH is 1. The van der Waals surface area contributed by atoms with E-state index in [1.807, 2.05) is 26.8 Å². The second-order valence-electron chi connectivity index (χ2n) is 15.8. The van der Waals surface area contributed by atoms with Crippen LogP contribution in [0.4, 0.5) is 0 Å². The summed E-state index contributed by atoms with van der Waals surface area (Å²) in [6, 6.07) is 0. The zero-order valence-electron chi connectivity index (χ0n) is 32.1. The Morgan fingerprint density at radius 1 is 1.13 bits per heavy atom. The molecule has 0 aromatic heterocycles. The maximum absolute atomic E-state index is 14.3. The zero-order chi connectivity index (χ0) is 40.2. The van der Waals surface area contributed by atoms with Gasteiger partial charge in [-0.05, 0) is 68.9 Å². The van der Waals surface area contributed by atoms with E-state index in [0.717, 1.165) is 31.3 Å². The van der Waals surface area contributed by atoms with Crippen molar-refractivity contribution in [3.63, 3.8) is 0 Å². The molecule has 4 aliphatic carbocycles. The van der Waals surface area contributed by atoms with Crippen LogP contribution in [0.1, 0.15) is 98.3 Å². The average Bonchev–Trinajstić information content (AvgIpc) is 3.60. The molecule has 1 amide bonds. The number of aliphatic hydroxyl groups is 1. The van der Waals surface area contributed by atoms with Gasteiger partial charge in [-0.1, -0.05) is 70.9 Å². The molecule has 5 rings (SSSR count). The number of nitrogens with one attached hydrogen (secondary N) is 1. The lowest BCUT2D eigenvalue weighted by molar-refractivity contribution is -0.244. The number of ketones is 2. The van der Waals surface area contributed by atoms with Crippen LogP contribution < -0.4 is 15.1 Å². The molecule has 1 aliphatic heterocycles. The third-order valence-electron chi connectivity index (χ3n) is 12.4. The Morgan fingerprint density at radius 2 is 1.87 bits per heavy atom. The number of hydrogen-bond donors (Lipinski definition) is 2. The van der Waals surface area contributed by atoms with Gasteiger partial charge >= 0.3 is 0 Å². The van der Waals surface area contributed by atoms with Gasteiger partial charge in [-0.15, -0.1) is 6.42 Å². The number of ether oxygens (including phenoxy) is 3. The number of rotatable bonds is 20. The highest BCUT2D eigenvalue weighted by molar-refractivity contribution is 7.59. The first kappa shape index (κ1) is 44.1. The highest BCUT2D eigenvalue weighted by atomic mass is 31.3. The Morgan fingerprint density at radius 3 is 2.58 bits per heavy atom. The quantitative estimate of drug-likeness (QED) is 0.102. The molecule has 308 valence electrons. The number of unbranched alkanes of at least 4 members (excludes halogenated alkanes) is 3. The molecule has 0 bridgehead atoms. The molecule has 0 aromatic carbocycles. The predicted octanol–water partition coefficient (Wildman–Crippen LogP) is 3.82. The number of hydrogen-bond acceptors (Lipinski definition) is 14. The first-order chi connectivity index (χ1) is 25.9. The fourth-order valence-corrected chi connectivity index (χ4v) is 11.9. The number of carbonyl (C=O) groups is 3. The minimum atomic E-state index is -5.69. The Bertz CT molecular complexity index is 1640. The highest BCUT2D eigenvalue weighted by Crippen LogP contribution is 2.70. The van der Waals surface area contributed by atoms with Gasteiger partial charge in [-0.3, -0.25) is 23.5 Å². The van der Waals surface area contributed by atoms with E-state index < -0.39 is 81.6 Å². The summed E-state index contributed by atoms with van der Waals surface area (Å²) in [7, 11) is -11.2. The zero-order valence-corrected chi connectivity index (χ0v) is 33.9. The molecule has 4 fully saturated rings. The van der Waals surface area contributed by atoms with Gasteiger partial charge in [0.1, 0.15) is 19.3 Å². The summed E-state index contributed by atoms with van der Waals surface area (Å²) >= 11 is 0. The molecule has 12 atom stereocenters. The van der Waals surface area contributed by atoms with Crippen molar-refractivity contribution >= 4 is 33.1 Å². The van der Waals surface area contributed by atoms with E-state index >= 15 is 0 Å². The normalized spacial score (nSPS) is 36.3. The fraction of sp³-hybridized carbons (Fsp3) is 0.763. The molecule has 0 spiro atoms. The number of terminal acetylenes is 1. The molecule has 5 aliphatic rings. The van der Waals surface area contributed by atoms with Gasteiger partial charge < -0.3 is 43.5 Å². The third kappa shape index (κ3) is 9.32. The van der Waals surface area contributed by atoms with Crippen molar-refractivity contribution in [3.05, 3.63) is 23.8 Å². The molecule has 2 N–H and O–H groups in total. The molecule has 15 nitrogen and oxygen atoms in total. The number of amides is 1. The largest absolute Gasteiger partial charge is 0.756 e. The number of phosphoric ester groups is 2. The van der Waals surface area contributed by atoms with E-state index in [-0.39, 0.29) is 43.1 Å². The lowest BCUT2D eigenvalue weighted by Gasteiger charge is -2.59. The van der Waals surface area contributed by atoms with Gasteiger partial charge in [0.25, 0.3) is 15.6 Å². The van der Waals surface area contributed by atoms with Gasteiger partial charge in [-0.25, -0.2) is 4.31 Å². The van der Waals surface area contributed by atoms with Crippen molar-refractivity contribution in [3.8, 4) is 12.3 Å². The van der Waals surface area contributed by atoms with E-state index in [9.17, 15) is 38.4 Å². The lowest BCUT2D eigenvalue weighted by Crippen LogP contribution is -2.63. The Labute approximate surface area is 323 Å². The summed E-state index contributed by atoms with van der Waals surface area (Å²) in [5.74, 6) is 0.549. The fourth-order valence-electron chi connectivity index (χ4n) is 9.97. The van der Waals surface area contributed by atoms with Crippen molar-refractivity contribution in [2.24, 2.45) is 28.6 Å². The second kappa shape index (κ2) is 17.8. The number of fused-ring (bicyclic) bond motifs is 7. The van der Waals surface area contributed by atoms with Crippen LogP contribution in [0.3, 0.4) is 0 Å². The number of Topliss-reactive ketones (excluding diaryl/α,β-unsaturated/α-hetero) is 1. The molecule has 0 aromatic rings. The number of allylic oxidation sites excluding steroid dienone is 4. The molecule has 17 heteroatoms. The molecule has 1 saturated heterocycles. The SMILES string of the molecule is C#CC(CCCCCC)OCC(=O)NCCOP(=O)([O-])OP(=O)([O-])OCC(=O)[C@@]12OC(CCC)O[C@@H]1C[C@H]1[C@@H]3CCC4=CC(=O)C=C[C@]4(C)[C@H]3[C@@H](O)C[C@@]12C. The molecule has 55 heavy (non-hydrogen) atoms. The molecular weight excluding hydrogens is 756 g/mol. The van der Waals surface area contributed by atoms with E-state index in [2.05, 4.69) is 27.0 Å². The van der Waals surface area contributed by atoms with Crippen LogP contribution in [0.25, 0.3) is 0 Å². The predicted molar refractivity (Wildman–Crippen MR) is 194 cm³/mol. The van der Waals surface area contributed by atoms with Crippen LogP contribution in [0.5, 0.6) is 0 Å². The van der Waals surface area contributed by atoms with Crippen molar-refractivity contribution in [1.29, 1.82) is 0 Å². The maximum atomic E-state index is 14.3. The van der Waals surface area contributed by atoms with Crippen LogP contribution >= 0.6 is 15.6 Å². The van der Waals surface area contributed by atoms with Gasteiger partial charge in [-0.2, -0.15) is 0 Å². The van der Waals surface area contributed by atoms with Crippen molar-refractivity contribution in [2.75, 3.05) is 26.4 Å². The topological polar surface area (TPSA) is 219 Å². The first-order valence-corrected chi connectivity index (χ1v) is 22.3. The molecular formula is C38H55NO14P2-2. The third-order valence-corrected chi connectivity index (χ3v) is 14.9. The standard InChI is InChI=1S/C38H57NO14P2/c1-6-9-10-11-13-27(8-3)48-24-33(43)39-18-19-49-54(44,45)53-55(46,47)50-23-31(42)38-32(51-34(52-38)12-7-2)21-29-28-15-14-25-20-26(40)16-17-36(25,4)35(28)30(41)22-37(29,38)5/h3,16-17,20,27-30,32,34-35,41H,6-7,9-15,18-19,21-24H2,1-2,4-5H3,(H,39,43)(H,44,45)(H,46,47)/p-2/t27?,28-,29-,30-,32+,34?,35+,36-,37-,38+/m0/s1. The van der Waals surface area contributed by atoms with Gasteiger partial charge in [0.2, 0.25) is 5.91 Å². The van der Waals surface area contributed by atoms with Gasteiger partial charge in [0.05, 0.1) is 18.8 Å². The lowest BCUT2D eigenvalue weighted by atomic mass is 9.46. The smallest absolute Gasteiger partial charge is 0.274 e. The Balaban J connectivity index is 1.18. The summed E-state index contributed by atoms with van der Waals surface area (Å²) < 4.78 is 57.1. The summed E-state index contributed by atoms with van der Waals surface area (Å²) in [5, 5.41) is 14.2. The number of carbonyl (C=O) groups excluding carboxylic acids is 3. The second-order valence-corrected chi connectivity index (χ2v) is 18.8. The average molecular weight is 812 g/mol. The van der Waals surface area contributed by atoms with Crippen LogP contribution in [0.15, 0.2) is 23.8 Å². The Kier molecular flexibility index (Phi) is 14.3. The van der Waals surface area contributed by atoms with Crippen molar-refractivity contribution < 1.29 is 66.0 Å². The summed E-state index contributed by atoms with van der Waals surface area (Å²) in [5.41, 5.74) is -2.29. The highest BCUT2D eigenvalue weighted by Gasteiger charge is 2.75. The van der Waals surface area contributed by atoms with E-state index in [0.29, 0.717) is 38.5 Å². The van der Waals surface area contributed by atoms with E-state index in [4.69, 9.17) is 25.2 Å². The monoisotopic (exact) mass is 811 g/mol. The Hall–Kier alpha value is -2.05. The van der Waals surface area contributed by atoms with Crippen molar-refractivity contribution in [1.82, 2.24) is 5.32 Å². The summed E-state index contributed by atoms with van der Waals surface area (Å²) in [6.45, 7) is 5.44. The molecule has 3 saturated carbocycles.